The minimum absolute atomic E-state index is 0.126. The van der Waals surface area contributed by atoms with Crippen LogP contribution in [-0.4, -0.2) is 48.9 Å². The lowest BCUT2D eigenvalue weighted by molar-refractivity contribution is -0.160. The van der Waals surface area contributed by atoms with E-state index in [0.717, 1.165) is 6.08 Å². The maximum Gasteiger partial charge on any atom is 0.330 e. The van der Waals surface area contributed by atoms with Gasteiger partial charge in [-0.05, 0) is 20.3 Å². The van der Waals surface area contributed by atoms with Crippen molar-refractivity contribution in [1.82, 2.24) is 0 Å². The van der Waals surface area contributed by atoms with Crippen LogP contribution in [0.15, 0.2) is 12.7 Å². The molecule has 22 heavy (non-hydrogen) atoms. The second-order valence-corrected chi connectivity index (χ2v) is 5.29. The molecular formula is C15H24O7. The molecule has 7 nitrogen and oxygen atoms in total. The lowest BCUT2D eigenvalue weighted by Gasteiger charge is -2.21. The number of ether oxygens (including phenoxy) is 3. The van der Waals surface area contributed by atoms with Gasteiger partial charge in [-0.2, -0.15) is 0 Å². The number of aliphatic hydroxyl groups excluding tert-OH is 1. The maximum absolute atomic E-state index is 11.7. The van der Waals surface area contributed by atoms with E-state index in [0.29, 0.717) is 6.42 Å². The third-order valence-electron chi connectivity index (χ3n) is 3.00. The second-order valence-electron chi connectivity index (χ2n) is 5.29. The summed E-state index contributed by atoms with van der Waals surface area (Å²) < 4.78 is 14.3. The largest absolute Gasteiger partial charge is 0.463 e. The van der Waals surface area contributed by atoms with Gasteiger partial charge < -0.3 is 19.3 Å². The Morgan fingerprint density at radius 3 is 2.32 bits per heavy atom. The molecule has 1 unspecified atom stereocenters. The highest BCUT2D eigenvalue weighted by Crippen LogP contribution is 2.21. The molecule has 1 N–H and O–H groups in total. The molecule has 0 heterocycles. The fraction of sp³-hybridized carbons (Fsp3) is 0.667. The Bertz CT molecular complexity index is 401. The van der Waals surface area contributed by atoms with Crippen LogP contribution in [0.2, 0.25) is 0 Å². The zero-order chi connectivity index (χ0) is 17.2. The van der Waals surface area contributed by atoms with Crippen molar-refractivity contribution in [1.29, 1.82) is 0 Å². The van der Waals surface area contributed by atoms with Gasteiger partial charge in [-0.3, -0.25) is 9.59 Å². The van der Waals surface area contributed by atoms with Crippen LogP contribution in [-0.2, 0) is 28.6 Å². The van der Waals surface area contributed by atoms with Crippen LogP contribution in [0.4, 0.5) is 0 Å². The van der Waals surface area contributed by atoms with E-state index in [4.69, 9.17) is 9.47 Å². The summed E-state index contributed by atoms with van der Waals surface area (Å²) in [4.78, 5) is 33.7. The van der Waals surface area contributed by atoms with E-state index in [1.165, 1.54) is 0 Å². The van der Waals surface area contributed by atoms with Gasteiger partial charge in [0.1, 0.15) is 25.9 Å². The van der Waals surface area contributed by atoms with Crippen LogP contribution in [0.25, 0.3) is 0 Å². The molecule has 0 aliphatic heterocycles. The smallest absolute Gasteiger partial charge is 0.330 e. The molecule has 0 aromatic rings. The van der Waals surface area contributed by atoms with Gasteiger partial charge in [-0.1, -0.05) is 13.5 Å². The Kier molecular flexibility index (Phi) is 9.09. The van der Waals surface area contributed by atoms with E-state index in [9.17, 15) is 19.5 Å². The number of carbonyl (C=O) groups excluding carboxylic acids is 3. The van der Waals surface area contributed by atoms with E-state index < -0.39 is 29.4 Å². The Hall–Kier alpha value is -1.89. The molecule has 0 amide bonds. The van der Waals surface area contributed by atoms with E-state index in [-0.39, 0.29) is 26.2 Å². The SMILES string of the molecule is C=CC(=O)OCCC(=O)OCC(O)COC(=O)C(C)(C)CC. The van der Waals surface area contributed by atoms with Crippen LogP contribution in [0.1, 0.15) is 33.6 Å². The lowest BCUT2D eigenvalue weighted by atomic mass is 9.91. The van der Waals surface area contributed by atoms with Gasteiger partial charge >= 0.3 is 17.9 Å². The Balaban J connectivity index is 3.87. The quantitative estimate of drug-likeness (QED) is 0.364. The van der Waals surface area contributed by atoms with Gasteiger partial charge in [0.15, 0.2) is 0 Å². The predicted octanol–water partition coefficient (Wildman–Crippen LogP) is 0.989. The van der Waals surface area contributed by atoms with Crippen molar-refractivity contribution >= 4 is 17.9 Å². The zero-order valence-electron chi connectivity index (χ0n) is 13.3. The van der Waals surface area contributed by atoms with Gasteiger partial charge in [-0.15, -0.1) is 0 Å². The molecule has 0 aliphatic carbocycles. The van der Waals surface area contributed by atoms with Crippen molar-refractivity contribution in [2.75, 3.05) is 19.8 Å². The molecule has 0 saturated heterocycles. The highest BCUT2D eigenvalue weighted by molar-refractivity contribution is 5.81. The average molecular weight is 316 g/mol. The highest BCUT2D eigenvalue weighted by Gasteiger charge is 2.27. The first kappa shape index (κ1) is 20.1. The zero-order valence-corrected chi connectivity index (χ0v) is 13.3. The minimum Gasteiger partial charge on any atom is -0.463 e. The van der Waals surface area contributed by atoms with Crippen LogP contribution in [0, 0.1) is 5.41 Å². The molecule has 0 rings (SSSR count). The van der Waals surface area contributed by atoms with Gasteiger partial charge in [0.2, 0.25) is 0 Å². The molecule has 0 bridgehead atoms. The standard InChI is InChI=1S/C15H24O7/c1-5-12(17)20-8-7-13(18)21-9-11(16)10-22-14(19)15(3,4)6-2/h5,11,16H,1,6-10H2,2-4H3. The van der Waals surface area contributed by atoms with Gasteiger partial charge in [0.05, 0.1) is 11.8 Å². The van der Waals surface area contributed by atoms with E-state index in [1.54, 1.807) is 13.8 Å². The first-order chi connectivity index (χ1) is 10.2. The summed E-state index contributed by atoms with van der Waals surface area (Å²) in [5, 5.41) is 9.58. The molecule has 126 valence electrons. The first-order valence-corrected chi connectivity index (χ1v) is 7.03. The third-order valence-corrected chi connectivity index (χ3v) is 3.00. The normalized spacial score (nSPS) is 12.2. The Morgan fingerprint density at radius 2 is 1.77 bits per heavy atom. The second kappa shape index (κ2) is 9.94. The van der Waals surface area contributed by atoms with Crippen molar-refractivity contribution in [3.8, 4) is 0 Å². The average Bonchev–Trinajstić information content (AvgIpc) is 2.49. The summed E-state index contributed by atoms with van der Waals surface area (Å²) >= 11 is 0. The number of esters is 3. The summed E-state index contributed by atoms with van der Waals surface area (Å²) in [6, 6.07) is 0. The van der Waals surface area contributed by atoms with E-state index >= 15 is 0 Å². The maximum atomic E-state index is 11.7. The van der Waals surface area contributed by atoms with Crippen LogP contribution < -0.4 is 0 Å². The summed E-state index contributed by atoms with van der Waals surface area (Å²) in [7, 11) is 0. The predicted molar refractivity (Wildman–Crippen MR) is 77.8 cm³/mol. The monoisotopic (exact) mass is 316 g/mol. The molecule has 0 aromatic carbocycles. The number of hydrogen-bond acceptors (Lipinski definition) is 7. The van der Waals surface area contributed by atoms with Crippen molar-refractivity contribution in [2.45, 2.75) is 39.7 Å². The summed E-state index contributed by atoms with van der Waals surface area (Å²) in [6.45, 7) is 7.88. The molecular weight excluding hydrogens is 292 g/mol. The minimum atomic E-state index is -1.10. The van der Waals surface area contributed by atoms with Gasteiger partial charge in [0.25, 0.3) is 0 Å². The number of rotatable bonds is 10. The Morgan fingerprint density at radius 1 is 1.18 bits per heavy atom. The molecule has 0 aliphatic rings. The van der Waals surface area contributed by atoms with Crippen molar-refractivity contribution in [3.63, 3.8) is 0 Å². The summed E-state index contributed by atoms with van der Waals surface area (Å²) in [6.07, 6.45) is 0.368. The van der Waals surface area contributed by atoms with Crippen LogP contribution >= 0.6 is 0 Å². The topological polar surface area (TPSA) is 99.1 Å². The summed E-state index contributed by atoms with van der Waals surface area (Å²) in [5.41, 5.74) is -0.620. The molecule has 0 aromatic heterocycles. The van der Waals surface area contributed by atoms with Gasteiger partial charge in [0, 0.05) is 6.08 Å². The highest BCUT2D eigenvalue weighted by atomic mass is 16.6. The number of hydrogen-bond donors (Lipinski definition) is 1. The number of carbonyl (C=O) groups is 3. The van der Waals surface area contributed by atoms with Gasteiger partial charge in [-0.25, -0.2) is 4.79 Å². The molecule has 0 saturated carbocycles. The molecule has 0 radical (unpaired) electrons. The molecule has 1 atom stereocenters. The number of aliphatic hydroxyl groups is 1. The fourth-order valence-corrected chi connectivity index (χ4v) is 1.11. The van der Waals surface area contributed by atoms with Crippen molar-refractivity contribution in [2.24, 2.45) is 5.41 Å². The first-order valence-electron chi connectivity index (χ1n) is 7.03. The lowest BCUT2D eigenvalue weighted by Crippen LogP contribution is -2.31. The van der Waals surface area contributed by atoms with Crippen molar-refractivity contribution in [3.05, 3.63) is 12.7 Å². The summed E-state index contributed by atoms with van der Waals surface area (Å²) in [5.74, 6) is -1.67. The molecule has 0 fully saturated rings. The van der Waals surface area contributed by atoms with Crippen LogP contribution in [0.5, 0.6) is 0 Å². The van der Waals surface area contributed by atoms with E-state index in [2.05, 4.69) is 11.3 Å². The van der Waals surface area contributed by atoms with Crippen molar-refractivity contribution < 1.29 is 33.7 Å². The molecule has 7 heteroatoms. The fourth-order valence-electron chi connectivity index (χ4n) is 1.11. The van der Waals surface area contributed by atoms with E-state index in [1.807, 2.05) is 6.92 Å². The van der Waals surface area contributed by atoms with Crippen LogP contribution in [0.3, 0.4) is 0 Å². The Labute approximate surface area is 130 Å². The third kappa shape index (κ3) is 8.41. The molecule has 0 spiro atoms.